The van der Waals surface area contributed by atoms with Gasteiger partial charge in [-0.15, -0.1) is 0 Å². The van der Waals surface area contributed by atoms with Gasteiger partial charge in [0, 0.05) is 6.54 Å². The van der Waals surface area contributed by atoms with Crippen LogP contribution in [0.5, 0.6) is 0 Å². The smallest absolute Gasteiger partial charge is 0.306 e. The van der Waals surface area contributed by atoms with Crippen LogP contribution in [0.3, 0.4) is 0 Å². The van der Waals surface area contributed by atoms with Crippen molar-refractivity contribution in [2.45, 2.75) is 45.3 Å². The summed E-state index contributed by atoms with van der Waals surface area (Å²) in [6.07, 6.45) is -0.408. The van der Waals surface area contributed by atoms with Crippen LogP contribution in [0.25, 0.3) is 0 Å². The van der Waals surface area contributed by atoms with Gasteiger partial charge in [0.2, 0.25) is 5.91 Å². The lowest BCUT2D eigenvalue weighted by atomic mass is 10.0. The van der Waals surface area contributed by atoms with Crippen LogP contribution >= 0.6 is 0 Å². The fourth-order valence-electron chi connectivity index (χ4n) is 1.40. The third kappa shape index (κ3) is 6.23. The lowest BCUT2D eigenvalue weighted by Gasteiger charge is -2.27. The SMILES string of the molecule is CCNC(C)(C)C(=O)NCC(C)(O)CC(=O)O. The molecule has 0 radical (unpaired) electrons. The molecule has 4 N–H and O–H groups in total. The molecule has 0 aromatic heterocycles. The van der Waals surface area contributed by atoms with Crippen LogP contribution < -0.4 is 10.6 Å². The van der Waals surface area contributed by atoms with Gasteiger partial charge in [0.15, 0.2) is 0 Å². The van der Waals surface area contributed by atoms with Crippen LogP contribution in [0.4, 0.5) is 0 Å². The Morgan fingerprint density at radius 1 is 1.24 bits per heavy atom. The standard InChI is InChI=1S/C11H22N2O4/c1-5-13-10(2,3)9(16)12-7-11(4,17)6-8(14)15/h13,17H,5-7H2,1-4H3,(H,12,16)(H,14,15). The minimum Gasteiger partial charge on any atom is -0.481 e. The summed E-state index contributed by atoms with van der Waals surface area (Å²) in [5.74, 6) is -1.37. The largest absolute Gasteiger partial charge is 0.481 e. The highest BCUT2D eigenvalue weighted by Gasteiger charge is 2.30. The van der Waals surface area contributed by atoms with Crippen molar-refractivity contribution in [2.24, 2.45) is 0 Å². The Kier molecular flexibility index (Phi) is 5.57. The highest BCUT2D eigenvalue weighted by Crippen LogP contribution is 2.09. The fourth-order valence-corrected chi connectivity index (χ4v) is 1.40. The summed E-state index contributed by atoms with van der Waals surface area (Å²) >= 11 is 0. The lowest BCUT2D eigenvalue weighted by Crippen LogP contribution is -2.55. The first-order valence-corrected chi connectivity index (χ1v) is 5.58. The van der Waals surface area contributed by atoms with E-state index in [2.05, 4.69) is 10.6 Å². The summed E-state index contributed by atoms with van der Waals surface area (Å²) < 4.78 is 0. The molecule has 0 spiro atoms. The molecule has 0 heterocycles. The summed E-state index contributed by atoms with van der Waals surface area (Å²) in [6.45, 7) is 7.26. The number of carbonyl (C=O) groups excluding carboxylic acids is 1. The van der Waals surface area contributed by atoms with E-state index in [1.54, 1.807) is 13.8 Å². The Balaban J connectivity index is 4.28. The van der Waals surface area contributed by atoms with E-state index in [1.807, 2.05) is 6.92 Å². The number of amides is 1. The number of nitrogens with one attached hydrogen (secondary N) is 2. The van der Waals surface area contributed by atoms with Gasteiger partial charge in [-0.3, -0.25) is 9.59 Å². The molecule has 0 fully saturated rings. The van der Waals surface area contributed by atoms with Crippen molar-refractivity contribution in [3.63, 3.8) is 0 Å². The van der Waals surface area contributed by atoms with Crippen LogP contribution in [-0.2, 0) is 9.59 Å². The second kappa shape index (κ2) is 5.97. The van der Waals surface area contributed by atoms with Gasteiger partial charge in [-0.2, -0.15) is 0 Å². The normalized spacial score (nSPS) is 15.1. The number of likely N-dealkylation sites (N-methyl/N-ethyl adjacent to an activating group) is 1. The highest BCUT2D eigenvalue weighted by molar-refractivity contribution is 5.85. The molecule has 6 nitrogen and oxygen atoms in total. The fraction of sp³-hybridized carbons (Fsp3) is 0.818. The molecule has 1 atom stereocenters. The number of rotatable bonds is 7. The summed E-state index contributed by atoms with van der Waals surface area (Å²) in [4.78, 5) is 22.2. The molecular formula is C11H22N2O4. The highest BCUT2D eigenvalue weighted by atomic mass is 16.4. The van der Waals surface area contributed by atoms with Gasteiger partial charge < -0.3 is 20.8 Å². The van der Waals surface area contributed by atoms with E-state index < -0.39 is 23.5 Å². The Bertz CT molecular complexity index is 287. The molecule has 1 unspecified atom stereocenters. The molecule has 0 aliphatic heterocycles. The van der Waals surface area contributed by atoms with E-state index in [0.29, 0.717) is 6.54 Å². The first-order chi connectivity index (χ1) is 7.60. The van der Waals surface area contributed by atoms with Crippen molar-refractivity contribution < 1.29 is 19.8 Å². The van der Waals surface area contributed by atoms with Crippen molar-refractivity contribution in [1.82, 2.24) is 10.6 Å². The van der Waals surface area contributed by atoms with Crippen LogP contribution in [0.15, 0.2) is 0 Å². The molecule has 100 valence electrons. The molecule has 0 bridgehead atoms. The third-order valence-electron chi connectivity index (χ3n) is 2.35. The zero-order valence-electron chi connectivity index (χ0n) is 10.8. The van der Waals surface area contributed by atoms with E-state index in [4.69, 9.17) is 5.11 Å². The van der Waals surface area contributed by atoms with Gasteiger partial charge in [0.25, 0.3) is 0 Å². The van der Waals surface area contributed by atoms with Crippen molar-refractivity contribution in [1.29, 1.82) is 0 Å². The Hall–Kier alpha value is -1.14. The molecule has 0 saturated carbocycles. The Labute approximate surface area is 101 Å². The Morgan fingerprint density at radius 2 is 1.76 bits per heavy atom. The first-order valence-electron chi connectivity index (χ1n) is 5.58. The topological polar surface area (TPSA) is 98.7 Å². The van der Waals surface area contributed by atoms with Crippen molar-refractivity contribution >= 4 is 11.9 Å². The van der Waals surface area contributed by atoms with E-state index in [1.165, 1.54) is 6.92 Å². The number of hydrogen-bond donors (Lipinski definition) is 4. The number of aliphatic hydroxyl groups is 1. The second-order valence-electron chi connectivity index (χ2n) is 4.91. The van der Waals surface area contributed by atoms with Crippen LogP contribution in [0, 0.1) is 0 Å². The predicted octanol–water partition coefficient (Wildman–Crippen LogP) is -0.284. The monoisotopic (exact) mass is 246 g/mol. The van der Waals surface area contributed by atoms with E-state index in [9.17, 15) is 14.7 Å². The van der Waals surface area contributed by atoms with Gasteiger partial charge in [0.05, 0.1) is 17.6 Å². The van der Waals surface area contributed by atoms with Crippen LogP contribution in [-0.4, -0.2) is 46.3 Å². The first kappa shape index (κ1) is 15.9. The van der Waals surface area contributed by atoms with Gasteiger partial charge in [-0.25, -0.2) is 0 Å². The maximum absolute atomic E-state index is 11.8. The predicted molar refractivity (Wildman–Crippen MR) is 63.6 cm³/mol. The van der Waals surface area contributed by atoms with Gasteiger partial charge in [0.1, 0.15) is 0 Å². The summed E-state index contributed by atoms with van der Waals surface area (Å²) in [5.41, 5.74) is -2.18. The average Bonchev–Trinajstić information content (AvgIpc) is 2.12. The minimum absolute atomic E-state index is 0.0903. The Morgan fingerprint density at radius 3 is 2.18 bits per heavy atom. The zero-order chi connectivity index (χ0) is 13.7. The van der Waals surface area contributed by atoms with Gasteiger partial charge >= 0.3 is 5.97 Å². The van der Waals surface area contributed by atoms with Crippen molar-refractivity contribution in [3.8, 4) is 0 Å². The molecule has 0 aliphatic carbocycles. The van der Waals surface area contributed by atoms with E-state index in [0.717, 1.165) is 0 Å². The van der Waals surface area contributed by atoms with E-state index >= 15 is 0 Å². The molecule has 0 aromatic carbocycles. The molecule has 0 saturated heterocycles. The van der Waals surface area contributed by atoms with Gasteiger partial charge in [-0.1, -0.05) is 6.92 Å². The van der Waals surface area contributed by atoms with Crippen molar-refractivity contribution in [2.75, 3.05) is 13.1 Å². The minimum atomic E-state index is -1.44. The summed E-state index contributed by atoms with van der Waals surface area (Å²) in [5, 5.41) is 23.8. The average molecular weight is 246 g/mol. The molecule has 17 heavy (non-hydrogen) atoms. The molecule has 0 aliphatic rings. The number of carboxylic acid groups (broad SMARTS) is 1. The quantitative estimate of drug-likeness (QED) is 0.495. The molecule has 0 rings (SSSR count). The molecule has 6 heteroatoms. The summed E-state index contributed by atoms with van der Waals surface area (Å²) in [6, 6.07) is 0. The van der Waals surface area contributed by atoms with Crippen LogP contribution in [0.1, 0.15) is 34.1 Å². The van der Waals surface area contributed by atoms with Crippen LogP contribution in [0.2, 0.25) is 0 Å². The number of aliphatic carboxylic acids is 1. The molecule has 1 amide bonds. The number of hydrogen-bond acceptors (Lipinski definition) is 4. The molecular weight excluding hydrogens is 224 g/mol. The maximum Gasteiger partial charge on any atom is 0.306 e. The lowest BCUT2D eigenvalue weighted by molar-refractivity contribution is -0.142. The maximum atomic E-state index is 11.8. The van der Waals surface area contributed by atoms with Crippen molar-refractivity contribution in [3.05, 3.63) is 0 Å². The van der Waals surface area contributed by atoms with Gasteiger partial charge in [-0.05, 0) is 27.3 Å². The summed E-state index contributed by atoms with van der Waals surface area (Å²) in [7, 11) is 0. The number of carboxylic acids is 1. The zero-order valence-corrected chi connectivity index (χ0v) is 10.8. The molecule has 0 aromatic rings. The number of carbonyl (C=O) groups is 2. The van der Waals surface area contributed by atoms with E-state index in [-0.39, 0.29) is 12.5 Å². The third-order valence-corrected chi connectivity index (χ3v) is 2.35. The second-order valence-corrected chi connectivity index (χ2v) is 4.91.